The number of nitrogens with two attached hydrogens (primary N) is 3. The molecule has 60 heavy (non-hydrogen) atoms. The average Bonchev–Trinajstić information content (AvgIpc) is 4.00. The first-order chi connectivity index (χ1) is 26.7. The van der Waals surface area contributed by atoms with Crippen molar-refractivity contribution in [1.82, 2.24) is 9.97 Å². The van der Waals surface area contributed by atoms with E-state index in [1.807, 2.05) is 156 Å². The Balaban J connectivity index is -0.0000000181. The van der Waals surface area contributed by atoms with E-state index in [2.05, 4.69) is 72.3 Å². The van der Waals surface area contributed by atoms with Crippen molar-refractivity contribution in [2.24, 2.45) is 16.5 Å². The van der Waals surface area contributed by atoms with Gasteiger partial charge in [0.1, 0.15) is 0 Å². The van der Waals surface area contributed by atoms with Gasteiger partial charge in [-0.25, -0.2) is 9.98 Å². The Kier molecular flexibility index (Phi) is 434. The monoisotopic (exact) mass is 959 g/mol. The molecular weight excluding hydrogens is 833 g/mol. The number of aryl methyl sites for hydroxylation is 1. The van der Waals surface area contributed by atoms with Crippen molar-refractivity contribution < 1.29 is 0 Å². The third kappa shape index (κ3) is 288. The highest BCUT2D eigenvalue weighted by atomic mass is 32.1. The maximum Gasteiger partial charge on any atom is 0.179 e. The zero-order valence-electron chi connectivity index (χ0n) is 42.3. The second-order valence-corrected chi connectivity index (χ2v) is 9.90. The number of nitrogens with zero attached hydrogens (tertiary/aromatic N) is 3. The fourth-order valence-electron chi connectivity index (χ4n) is 1.43. The summed E-state index contributed by atoms with van der Waals surface area (Å²) in [5, 5.41) is 7.72. The highest BCUT2D eigenvalue weighted by molar-refractivity contribution is 7.80. The average molecular weight is 960 g/mol. The predicted molar refractivity (Wildman–Crippen MR) is 320 cm³/mol. The Hall–Kier alpha value is -1.20. The molecule has 11 heteroatoms. The molecule has 382 valence electrons. The van der Waals surface area contributed by atoms with E-state index in [0.717, 1.165) is 43.7 Å². The van der Waals surface area contributed by atoms with Gasteiger partial charge < -0.3 is 17.2 Å². The fraction of sp³-hybridized carbons (Fsp3) is 0.816. The number of aromatic nitrogens is 2. The van der Waals surface area contributed by atoms with Crippen molar-refractivity contribution in [3.05, 3.63) is 28.2 Å². The molecule has 0 saturated carbocycles. The van der Waals surface area contributed by atoms with Crippen LogP contribution in [0.15, 0.2) is 28.1 Å². The molecule has 0 unspecified atom stereocenters. The van der Waals surface area contributed by atoms with Gasteiger partial charge in [-0.15, -0.1) is 22.7 Å². The molecule has 0 fully saturated rings. The number of nitrogen functional groups attached to an aromatic ring is 1. The summed E-state index contributed by atoms with van der Waals surface area (Å²) in [4.78, 5) is 12.8. The quantitative estimate of drug-likeness (QED) is 0.177. The summed E-state index contributed by atoms with van der Waals surface area (Å²) in [7, 11) is 1.59. The molecule has 2 heterocycles. The molecule has 0 aliphatic carbocycles. The molecule has 0 aliphatic rings. The standard InChI is InChI=1S/C7H14S.C5H11NS.C4H5NS.C3H4N2S.C3H9N.C2H3NS.10C2H6.5CH4/c1-3-5-6-7(8)4-2;1-2-3-4-5(6)7;1-4-5-2-3-6-4;4-3-5-1-2-6-3;1-2-3-4;1-3-2-4;10*1-2;;;;;/h3-6H2,1-2H3;2-4H2,1H3,(H2,6,7);2-3H,1H3;1-2H,(H2,4,5);2-4H2,1H3;1H3;10*1-2H3;5*1H4. The Bertz CT molecular complexity index is 676. The SMILES string of the molecule is C.C.C.C.C.CC.CC.CC.CC.CC.CC.CC.CC.CC.CC.CCCCC(=S)CC.CCCCC(N)=S.CCCN.CN=C=S.Cc1nccs1.Nc1nccs1. The summed E-state index contributed by atoms with van der Waals surface area (Å²) in [5.74, 6) is 0. The van der Waals surface area contributed by atoms with Gasteiger partial charge >= 0.3 is 0 Å². The van der Waals surface area contributed by atoms with Crippen molar-refractivity contribution in [2.45, 2.75) is 262 Å². The lowest BCUT2D eigenvalue weighted by molar-refractivity contribution is 0.833. The van der Waals surface area contributed by atoms with E-state index in [9.17, 15) is 0 Å². The summed E-state index contributed by atoms with van der Waals surface area (Å²) >= 11 is 16.9. The molecule has 0 spiro atoms. The second kappa shape index (κ2) is 210. The fourth-order valence-corrected chi connectivity index (χ4v) is 2.54. The van der Waals surface area contributed by atoms with Gasteiger partial charge in [0, 0.05) is 30.2 Å². The summed E-state index contributed by atoms with van der Waals surface area (Å²) in [5.41, 5.74) is 15.4. The van der Waals surface area contributed by atoms with Gasteiger partial charge in [0.25, 0.3) is 0 Å². The predicted octanol–water partition coefficient (Wildman–Crippen LogP) is 21.1. The molecule has 2 aromatic rings. The first-order valence-corrected chi connectivity index (χ1v) is 24.7. The number of anilines is 1. The number of hydrogen-bond donors (Lipinski definition) is 3. The van der Waals surface area contributed by atoms with Crippen LogP contribution in [0.1, 0.15) is 260 Å². The number of thiocarbonyl (C=S) groups is 3. The van der Waals surface area contributed by atoms with E-state index in [-0.39, 0.29) is 37.1 Å². The summed E-state index contributed by atoms with van der Waals surface area (Å²) < 4.78 is 0. The molecule has 6 nitrogen and oxygen atoms in total. The Labute approximate surface area is 412 Å². The normalized spacial score (nSPS) is 5.78. The minimum absolute atomic E-state index is 0. The third-order valence-electron chi connectivity index (χ3n) is 3.37. The maximum absolute atomic E-state index is 5.21. The van der Waals surface area contributed by atoms with Gasteiger partial charge in [-0.1, -0.05) is 241 Å². The van der Waals surface area contributed by atoms with Crippen LogP contribution in [-0.2, 0) is 0 Å². The van der Waals surface area contributed by atoms with Crippen molar-refractivity contribution >= 4 is 79.5 Å². The van der Waals surface area contributed by atoms with Crippen LogP contribution >= 0.6 is 59.3 Å². The molecule has 6 N–H and O–H groups in total. The lowest BCUT2D eigenvalue weighted by Gasteiger charge is -1.94. The maximum atomic E-state index is 5.21. The van der Waals surface area contributed by atoms with Crippen LogP contribution in [-0.4, -0.2) is 38.6 Å². The van der Waals surface area contributed by atoms with Crippen molar-refractivity contribution in [2.75, 3.05) is 19.3 Å². The summed E-state index contributed by atoms with van der Waals surface area (Å²) in [6, 6.07) is 0. The van der Waals surface area contributed by atoms with Crippen LogP contribution in [0.3, 0.4) is 0 Å². The van der Waals surface area contributed by atoms with Crippen LogP contribution in [0, 0.1) is 6.92 Å². The number of unbranched alkanes of at least 4 members (excludes halogenated alkanes) is 2. The van der Waals surface area contributed by atoms with Gasteiger partial charge in [-0.2, -0.15) is 0 Å². The minimum atomic E-state index is 0. The van der Waals surface area contributed by atoms with E-state index in [0.29, 0.717) is 10.1 Å². The number of isothiocyanates is 1. The molecule has 0 aromatic carbocycles. The van der Waals surface area contributed by atoms with E-state index in [1.165, 1.54) is 35.5 Å². The zero-order valence-corrected chi connectivity index (χ0v) is 46.4. The minimum Gasteiger partial charge on any atom is -0.393 e. The number of thiazole rings is 2. The molecule has 0 atom stereocenters. The van der Waals surface area contributed by atoms with Crippen LogP contribution in [0.2, 0.25) is 0 Å². The van der Waals surface area contributed by atoms with Gasteiger partial charge in [0.05, 0.1) is 15.2 Å². The zero-order chi connectivity index (χ0) is 47.7. The van der Waals surface area contributed by atoms with E-state index in [1.54, 1.807) is 30.8 Å². The Morgan fingerprint density at radius 1 is 0.600 bits per heavy atom. The van der Waals surface area contributed by atoms with Crippen molar-refractivity contribution in [3.63, 3.8) is 0 Å². The van der Waals surface area contributed by atoms with Gasteiger partial charge in [0.15, 0.2) is 5.13 Å². The first kappa shape index (κ1) is 124. The highest BCUT2D eigenvalue weighted by Crippen LogP contribution is 2.02. The van der Waals surface area contributed by atoms with Gasteiger partial charge in [-0.05, 0) is 69.1 Å². The molecule has 0 aliphatic heterocycles. The molecule has 0 radical (unpaired) electrons. The van der Waals surface area contributed by atoms with E-state index < -0.39 is 0 Å². The summed E-state index contributed by atoms with van der Waals surface area (Å²) in [6.07, 6.45) is 12.6. The lowest BCUT2D eigenvalue weighted by atomic mass is 10.2. The van der Waals surface area contributed by atoms with Gasteiger partial charge in [0.2, 0.25) is 0 Å². The topological polar surface area (TPSA) is 116 Å². The van der Waals surface area contributed by atoms with Crippen molar-refractivity contribution in [1.29, 1.82) is 0 Å². The third-order valence-corrected chi connectivity index (χ3v) is 5.56. The molecule has 0 amide bonds. The van der Waals surface area contributed by atoms with Crippen molar-refractivity contribution in [3.8, 4) is 0 Å². The summed E-state index contributed by atoms with van der Waals surface area (Å²) in [6.45, 7) is 51.3. The Morgan fingerprint density at radius 2 is 0.883 bits per heavy atom. The first-order valence-electron chi connectivity index (χ1n) is 21.7. The molecule has 0 saturated heterocycles. The van der Waals surface area contributed by atoms with E-state index >= 15 is 0 Å². The Morgan fingerprint density at radius 3 is 0.983 bits per heavy atom. The number of hydrogen-bond acceptors (Lipinski definition) is 10. The molecular formula is C49H126N6S5. The number of aliphatic imine (C=N–C) groups is 1. The highest BCUT2D eigenvalue weighted by Gasteiger charge is 1.89. The second-order valence-electron chi connectivity index (χ2n) is 6.59. The molecule has 2 aromatic heterocycles. The smallest absolute Gasteiger partial charge is 0.179 e. The van der Waals surface area contributed by atoms with E-state index in [4.69, 9.17) is 29.4 Å². The number of rotatable bonds is 8. The largest absolute Gasteiger partial charge is 0.393 e. The van der Waals surface area contributed by atoms with Crippen LogP contribution in [0.5, 0.6) is 0 Å². The molecule has 0 bridgehead atoms. The van der Waals surface area contributed by atoms with Gasteiger partial charge in [-0.3, -0.25) is 4.98 Å². The lowest BCUT2D eigenvalue weighted by Crippen LogP contribution is -2.06. The van der Waals surface area contributed by atoms with Crippen LogP contribution in [0.4, 0.5) is 5.13 Å². The molecule has 2 rings (SSSR count). The van der Waals surface area contributed by atoms with Crippen LogP contribution in [0.25, 0.3) is 0 Å². The van der Waals surface area contributed by atoms with Crippen LogP contribution < -0.4 is 17.2 Å².